The Morgan fingerprint density at radius 1 is 1.11 bits per heavy atom. The maximum atomic E-state index is 8.54. The van der Waals surface area contributed by atoms with Gasteiger partial charge in [0.25, 0.3) is 0 Å². The van der Waals surface area contributed by atoms with Crippen LogP contribution in [-0.4, -0.2) is 21.1 Å². The van der Waals surface area contributed by atoms with E-state index < -0.39 is 63.4 Å². The summed E-state index contributed by atoms with van der Waals surface area (Å²) in [5, 5.41) is 0. The molecule has 9 heavy (non-hydrogen) atoms. The van der Waals surface area contributed by atoms with E-state index in [2.05, 4.69) is 0 Å². The Hall–Kier alpha value is 1.20. The molecule has 0 aliphatic heterocycles. The van der Waals surface area contributed by atoms with Crippen molar-refractivity contribution in [2.24, 2.45) is 0 Å². The minimum atomic E-state index is -2.27. The van der Waals surface area contributed by atoms with Gasteiger partial charge in [-0.05, 0) is 0 Å². The molecule has 0 spiro atoms. The first-order chi connectivity index (χ1) is 4.24. The van der Waals surface area contributed by atoms with Crippen LogP contribution in [-0.2, 0) is 60.8 Å². The first kappa shape index (κ1) is 16.7. The average Bonchev–Trinajstić information content (AvgIpc) is 1.70. The van der Waals surface area contributed by atoms with Crippen LogP contribution in [0.4, 0.5) is 0 Å². The summed E-state index contributed by atoms with van der Waals surface area (Å²) in [6, 6.07) is 0. The Bertz CT molecular complexity index is 105. The summed E-state index contributed by atoms with van der Waals surface area (Å²) in [6.45, 7) is 0. The summed E-state index contributed by atoms with van der Waals surface area (Å²) in [6.07, 6.45) is 0. The van der Waals surface area contributed by atoms with Crippen LogP contribution in [0.2, 0.25) is 0 Å². The van der Waals surface area contributed by atoms with Crippen LogP contribution in [0, 0.1) is 0 Å². The van der Waals surface area contributed by atoms with Crippen molar-refractivity contribution in [3.05, 3.63) is 0 Å². The zero-order chi connectivity index (χ0) is 8.12. The molecular weight excluding hydrogens is 354 g/mol. The Kier molecular flexibility index (Phi) is 64.9. The number of hydrogen-bond donors (Lipinski definition) is 0. The van der Waals surface area contributed by atoms with E-state index >= 15 is 0 Å². The van der Waals surface area contributed by atoms with E-state index in [1.807, 2.05) is 0 Å². The third kappa shape index (κ3) is 333. The number of rotatable bonds is 0. The van der Waals surface area contributed by atoms with Gasteiger partial charge in [0.1, 0.15) is 0 Å². The zero-order valence-corrected chi connectivity index (χ0v) is 10.8. The predicted octanol–water partition coefficient (Wildman–Crippen LogP) is -1.10. The summed E-state index contributed by atoms with van der Waals surface area (Å²) < 4.78 is 51.2. The predicted molar refractivity (Wildman–Crippen MR) is 9.87 cm³/mol. The van der Waals surface area contributed by atoms with E-state index in [0.29, 0.717) is 0 Å². The Morgan fingerprint density at radius 3 is 1.11 bits per heavy atom. The summed E-state index contributed by atoms with van der Waals surface area (Å²) in [4.78, 5) is 0. The molecule has 9 heteroatoms. The molecule has 0 unspecified atom stereocenters. The van der Waals surface area contributed by atoms with Gasteiger partial charge in [0, 0.05) is 0 Å². The molecule has 0 aromatic carbocycles. The van der Waals surface area contributed by atoms with Gasteiger partial charge in [0.2, 0.25) is 0 Å². The molecule has 0 radical (unpaired) electrons. The second kappa shape index (κ2) is 35.1. The SMILES string of the molecule is [O]=[Sn]=[O].[O]=[Ti]=[O].[O]=[Zr]=[O]. The average molecular weight is 354 g/mol. The van der Waals surface area contributed by atoms with E-state index in [0.717, 1.165) is 0 Å². The van der Waals surface area contributed by atoms with Crippen LogP contribution in [0.5, 0.6) is 0 Å². The van der Waals surface area contributed by atoms with Crippen LogP contribution in [0.3, 0.4) is 0 Å². The van der Waals surface area contributed by atoms with E-state index in [9.17, 15) is 0 Å². The van der Waals surface area contributed by atoms with Crippen LogP contribution in [0.25, 0.3) is 0 Å². The molecule has 0 saturated carbocycles. The van der Waals surface area contributed by atoms with Crippen molar-refractivity contribution in [1.29, 1.82) is 0 Å². The first-order valence-electron chi connectivity index (χ1n) is 1.22. The van der Waals surface area contributed by atoms with Crippen molar-refractivity contribution in [2.75, 3.05) is 0 Å². The fraction of sp³-hybridized carbons (Fsp3) is 0. The summed E-state index contributed by atoms with van der Waals surface area (Å²) >= 11 is -6.54. The first-order valence-corrected chi connectivity index (χ1v) is 6.84. The molecule has 6 nitrogen and oxygen atoms in total. The third-order valence-electron chi connectivity index (χ3n) is 0. The molecule has 0 atom stereocenters. The molecule has 48 valence electrons. The van der Waals surface area contributed by atoms with E-state index in [1.165, 1.54) is 0 Å². The van der Waals surface area contributed by atoms with Gasteiger partial charge in [0.15, 0.2) is 0 Å². The van der Waals surface area contributed by atoms with Crippen LogP contribution in [0.1, 0.15) is 0 Å². The van der Waals surface area contributed by atoms with Crippen LogP contribution in [0.15, 0.2) is 0 Å². The summed E-state index contributed by atoms with van der Waals surface area (Å²) in [5.41, 5.74) is 0. The van der Waals surface area contributed by atoms with Gasteiger partial charge in [-0.3, -0.25) is 0 Å². The molecule has 0 aromatic heterocycles. The van der Waals surface area contributed by atoms with Gasteiger partial charge in [-0.2, -0.15) is 0 Å². The van der Waals surface area contributed by atoms with Crippen LogP contribution >= 0.6 is 0 Å². The fourth-order valence-corrected chi connectivity index (χ4v) is 0. The van der Waals surface area contributed by atoms with E-state index in [-0.39, 0.29) is 0 Å². The molecule has 0 fully saturated rings. The quantitative estimate of drug-likeness (QED) is 0.512. The van der Waals surface area contributed by atoms with Gasteiger partial charge in [-0.25, -0.2) is 0 Å². The van der Waals surface area contributed by atoms with Gasteiger partial charge < -0.3 is 0 Å². The van der Waals surface area contributed by atoms with Gasteiger partial charge in [-0.15, -0.1) is 0 Å². The summed E-state index contributed by atoms with van der Waals surface area (Å²) in [7, 11) is 0. The number of hydrogen-bond acceptors (Lipinski definition) is 6. The van der Waals surface area contributed by atoms with Crippen molar-refractivity contribution in [3.8, 4) is 0 Å². The normalized spacial score (nSPS) is 2.67. The molecular formula is O6SnTiZr. The van der Waals surface area contributed by atoms with Gasteiger partial charge >= 0.3 is 81.9 Å². The zero-order valence-electron chi connectivity index (χ0n) is 3.95. The molecule has 0 heterocycles. The van der Waals surface area contributed by atoms with Crippen LogP contribution < -0.4 is 0 Å². The Morgan fingerprint density at radius 2 is 1.11 bits per heavy atom. The topological polar surface area (TPSA) is 102 Å². The minimum absolute atomic E-state index is 2.00. The third-order valence-corrected chi connectivity index (χ3v) is 0. The molecule has 0 saturated heterocycles. The van der Waals surface area contributed by atoms with Crippen molar-refractivity contribution < 1.29 is 60.8 Å². The molecule has 0 aliphatic rings. The fourth-order valence-electron chi connectivity index (χ4n) is 0. The molecule has 0 rings (SSSR count). The summed E-state index contributed by atoms with van der Waals surface area (Å²) in [5.74, 6) is 0. The van der Waals surface area contributed by atoms with Crippen molar-refractivity contribution >= 4 is 21.1 Å². The van der Waals surface area contributed by atoms with E-state index in [4.69, 9.17) is 18.4 Å². The molecule has 0 aromatic rings. The molecule has 0 N–H and O–H groups in total. The second-order valence-electron chi connectivity index (χ2n) is 0.250. The monoisotopic (exact) mass is 354 g/mol. The molecule has 0 aliphatic carbocycles. The van der Waals surface area contributed by atoms with Crippen molar-refractivity contribution in [3.63, 3.8) is 0 Å². The van der Waals surface area contributed by atoms with Crippen molar-refractivity contribution in [2.45, 2.75) is 0 Å². The Balaban J connectivity index is -0.0000000600. The standard InChI is InChI=1S/6O.Sn.Ti.Zr. The van der Waals surface area contributed by atoms with Gasteiger partial charge in [0.05, 0.1) is 0 Å². The van der Waals surface area contributed by atoms with Gasteiger partial charge in [-0.1, -0.05) is 0 Å². The molecule has 0 bridgehead atoms. The second-order valence-corrected chi connectivity index (χ2v) is 1.40. The maximum absolute atomic E-state index is 8.54. The molecule has 0 amide bonds. The van der Waals surface area contributed by atoms with E-state index in [1.54, 1.807) is 0 Å². The van der Waals surface area contributed by atoms with Crippen molar-refractivity contribution in [1.82, 2.24) is 0 Å². The Labute approximate surface area is 80.8 Å².